The molecule has 290 valence electrons. The van der Waals surface area contributed by atoms with Gasteiger partial charge in [0.1, 0.15) is 36.6 Å². The van der Waals surface area contributed by atoms with E-state index in [0.29, 0.717) is 25.7 Å². The van der Waals surface area contributed by atoms with Gasteiger partial charge < -0.3 is 64.9 Å². The van der Waals surface area contributed by atoms with Crippen LogP contribution in [0.4, 0.5) is 0 Å². The zero-order valence-electron chi connectivity index (χ0n) is 30.3. The molecule has 6 fully saturated rings. The summed E-state index contributed by atoms with van der Waals surface area (Å²) >= 11 is 0. The number of hydrogen-bond donors (Lipinski definition) is 9. The average Bonchev–Trinajstić information content (AvgIpc) is 3.49. The van der Waals surface area contributed by atoms with E-state index >= 15 is 0 Å². The summed E-state index contributed by atoms with van der Waals surface area (Å²) < 4.78 is 23.0. The molecule has 2 aliphatic heterocycles. The lowest BCUT2D eigenvalue weighted by Crippen LogP contribution is -2.68. The third kappa shape index (κ3) is 6.73. The molecule has 6 aliphatic rings. The molecule has 50 heavy (non-hydrogen) atoms. The molecular formula is C37H64O13. The normalized spacial score (nSPS) is 53.5. The fraction of sp³-hybridized carbons (Fsp3) is 1.00. The molecule has 2 heterocycles. The van der Waals surface area contributed by atoms with Gasteiger partial charge in [0.05, 0.1) is 43.2 Å². The van der Waals surface area contributed by atoms with Crippen LogP contribution >= 0.6 is 0 Å². The van der Waals surface area contributed by atoms with Crippen LogP contribution in [0.25, 0.3) is 0 Å². The van der Waals surface area contributed by atoms with Crippen LogP contribution in [0.3, 0.4) is 0 Å². The van der Waals surface area contributed by atoms with Gasteiger partial charge in [-0.15, -0.1) is 0 Å². The number of hydrogen-bond acceptors (Lipinski definition) is 13. The minimum atomic E-state index is -1.49. The summed E-state index contributed by atoms with van der Waals surface area (Å²) in [7, 11) is 0. The molecule has 0 aromatic heterocycles. The van der Waals surface area contributed by atoms with Gasteiger partial charge in [0.25, 0.3) is 0 Å². The summed E-state index contributed by atoms with van der Waals surface area (Å²) in [6, 6.07) is 0. The smallest absolute Gasteiger partial charge is 0.186 e. The molecule has 4 aliphatic carbocycles. The Morgan fingerprint density at radius 2 is 1.44 bits per heavy atom. The Balaban J connectivity index is 1.07. The van der Waals surface area contributed by atoms with Crippen molar-refractivity contribution in [1.82, 2.24) is 0 Å². The van der Waals surface area contributed by atoms with Gasteiger partial charge in [0.2, 0.25) is 0 Å². The third-order valence-electron chi connectivity index (χ3n) is 14.6. The van der Waals surface area contributed by atoms with Gasteiger partial charge in [0.15, 0.2) is 12.6 Å². The predicted molar refractivity (Wildman–Crippen MR) is 178 cm³/mol. The topological polar surface area (TPSA) is 219 Å². The molecule has 9 N–H and O–H groups in total. The quantitative estimate of drug-likeness (QED) is 0.150. The number of aliphatic hydroxyl groups is 9. The van der Waals surface area contributed by atoms with Gasteiger partial charge in [-0.1, -0.05) is 34.6 Å². The van der Waals surface area contributed by atoms with Crippen molar-refractivity contribution in [2.24, 2.45) is 46.3 Å². The zero-order valence-corrected chi connectivity index (χ0v) is 30.3. The van der Waals surface area contributed by atoms with E-state index in [-0.39, 0.29) is 72.1 Å². The van der Waals surface area contributed by atoms with Crippen molar-refractivity contribution in [3.05, 3.63) is 0 Å². The lowest BCUT2D eigenvalue weighted by atomic mass is 9.42. The van der Waals surface area contributed by atoms with E-state index in [1.807, 2.05) is 13.8 Å². The average molecular weight is 717 g/mol. The Kier molecular flexibility index (Phi) is 11.5. The van der Waals surface area contributed by atoms with Crippen LogP contribution < -0.4 is 0 Å². The molecule has 0 spiro atoms. The Morgan fingerprint density at radius 1 is 0.760 bits per heavy atom. The maximum atomic E-state index is 12.6. The highest BCUT2D eigenvalue weighted by Gasteiger charge is 2.70. The number of aliphatic hydroxyl groups excluding tert-OH is 8. The summed E-state index contributed by atoms with van der Waals surface area (Å²) in [5, 5.41) is 97.4. The molecule has 0 bridgehead atoms. The van der Waals surface area contributed by atoms with Gasteiger partial charge in [-0.05, 0) is 91.8 Å². The summed E-state index contributed by atoms with van der Waals surface area (Å²) in [5.41, 5.74) is -1.79. The minimum Gasteiger partial charge on any atom is -0.393 e. The fourth-order valence-electron chi connectivity index (χ4n) is 11.8. The number of fused-ring (bicyclic) bond motifs is 5. The fourth-order valence-corrected chi connectivity index (χ4v) is 11.8. The van der Waals surface area contributed by atoms with Crippen LogP contribution in [-0.4, -0.2) is 138 Å². The maximum Gasteiger partial charge on any atom is 0.186 e. The van der Waals surface area contributed by atoms with Crippen molar-refractivity contribution < 1.29 is 64.9 Å². The van der Waals surface area contributed by atoms with Crippen molar-refractivity contribution in [2.45, 2.75) is 172 Å². The molecule has 6 rings (SSSR count). The van der Waals surface area contributed by atoms with E-state index in [2.05, 4.69) is 20.8 Å². The largest absolute Gasteiger partial charge is 0.393 e. The molecule has 4 saturated carbocycles. The lowest BCUT2D eigenvalue weighted by Gasteiger charge is -2.66. The van der Waals surface area contributed by atoms with Crippen molar-refractivity contribution in [3.63, 3.8) is 0 Å². The minimum absolute atomic E-state index is 0.0430. The number of rotatable bonds is 10. The second-order valence-electron chi connectivity index (χ2n) is 17.9. The molecular weight excluding hydrogens is 652 g/mol. The SMILES string of the molecule is CC(C)[C@H](CC[C@@H](C)[C@H]1C[C@@H](O)C2[C@]3(O)C[C@H](O)C4C[C@@H](O)CC[C@]4(C)C3CC[C@@]21C)O[C@H]1O[C@H](CO[C@H]2OC[C@H](O)[C@@H](O)[C@@H]2O)[C@@H](O)[C@@H]1O. The monoisotopic (exact) mass is 716 g/mol. The molecule has 0 amide bonds. The molecule has 20 atom stereocenters. The molecule has 0 radical (unpaired) electrons. The molecule has 13 heteroatoms. The Morgan fingerprint density at radius 3 is 2.14 bits per heavy atom. The van der Waals surface area contributed by atoms with Crippen molar-refractivity contribution in [1.29, 1.82) is 0 Å². The predicted octanol–water partition coefficient (Wildman–Crippen LogP) is 0.423. The van der Waals surface area contributed by atoms with Crippen LogP contribution in [0.5, 0.6) is 0 Å². The van der Waals surface area contributed by atoms with E-state index in [9.17, 15) is 46.0 Å². The molecule has 2 saturated heterocycles. The Labute approximate surface area is 295 Å². The van der Waals surface area contributed by atoms with Crippen LogP contribution in [0.2, 0.25) is 0 Å². The second kappa shape index (κ2) is 14.6. The third-order valence-corrected chi connectivity index (χ3v) is 14.6. The van der Waals surface area contributed by atoms with Crippen molar-refractivity contribution in [3.8, 4) is 0 Å². The van der Waals surface area contributed by atoms with Crippen LogP contribution in [0.1, 0.15) is 92.4 Å². The highest BCUT2D eigenvalue weighted by atomic mass is 16.7. The van der Waals surface area contributed by atoms with Crippen LogP contribution in [0.15, 0.2) is 0 Å². The van der Waals surface area contributed by atoms with E-state index in [0.717, 1.165) is 25.7 Å². The number of ether oxygens (including phenoxy) is 4. The Hall–Kier alpha value is -0.520. The lowest BCUT2D eigenvalue weighted by molar-refractivity contribution is -0.279. The van der Waals surface area contributed by atoms with E-state index in [4.69, 9.17) is 18.9 Å². The Bertz CT molecular complexity index is 1160. The first-order chi connectivity index (χ1) is 23.4. The zero-order chi connectivity index (χ0) is 36.5. The standard InChI is InChI=1S/C37H64O13/c1-17(2)25(49-34-31(45)29(43)26(50-34)16-48-33-30(44)28(42)24(41)15-47-33)7-6-18(3)20-13-22(39)32-36(20,5)11-9-27-35(4)10-8-19(38)12-21(35)23(40)14-37(27,32)46/h17-34,38-46H,6-16H2,1-5H3/t18-,19+,20-,21?,22-,23+,24+,25+,26-,27?,28-,29-,30+,31+,32?,33-,34+,35+,36-,37+/m1/s1. The molecule has 13 nitrogen and oxygen atoms in total. The van der Waals surface area contributed by atoms with Crippen LogP contribution in [0, 0.1) is 46.3 Å². The van der Waals surface area contributed by atoms with E-state index in [1.54, 1.807) is 0 Å². The highest BCUT2D eigenvalue weighted by molar-refractivity contribution is 5.20. The summed E-state index contributed by atoms with van der Waals surface area (Å²) in [6.07, 6.45) is -6.40. The van der Waals surface area contributed by atoms with Gasteiger partial charge in [-0.2, -0.15) is 0 Å². The van der Waals surface area contributed by atoms with Gasteiger partial charge >= 0.3 is 0 Å². The second-order valence-corrected chi connectivity index (χ2v) is 17.9. The first kappa shape index (κ1) is 39.2. The first-order valence-corrected chi connectivity index (χ1v) is 19.1. The first-order valence-electron chi connectivity index (χ1n) is 19.1. The van der Waals surface area contributed by atoms with E-state index < -0.39 is 73.1 Å². The van der Waals surface area contributed by atoms with Crippen LogP contribution in [-0.2, 0) is 18.9 Å². The summed E-state index contributed by atoms with van der Waals surface area (Å²) in [6.45, 7) is 10.2. The van der Waals surface area contributed by atoms with Crippen molar-refractivity contribution >= 4 is 0 Å². The van der Waals surface area contributed by atoms with Gasteiger partial charge in [-0.3, -0.25) is 0 Å². The van der Waals surface area contributed by atoms with Gasteiger partial charge in [-0.25, -0.2) is 0 Å². The highest BCUT2D eigenvalue weighted by Crippen LogP contribution is 2.69. The summed E-state index contributed by atoms with van der Waals surface area (Å²) in [4.78, 5) is 0. The van der Waals surface area contributed by atoms with E-state index in [1.165, 1.54) is 0 Å². The van der Waals surface area contributed by atoms with Gasteiger partial charge in [0, 0.05) is 12.3 Å². The summed E-state index contributed by atoms with van der Waals surface area (Å²) in [5.74, 6) is -0.0687. The molecule has 0 aromatic rings. The molecule has 0 aromatic carbocycles. The van der Waals surface area contributed by atoms with Crippen molar-refractivity contribution in [2.75, 3.05) is 13.2 Å². The maximum absolute atomic E-state index is 12.6. The molecule has 3 unspecified atom stereocenters.